The molecule has 1 atom stereocenters. The van der Waals surface area contributed by atoms with Crippen LogP contribution in [0.1, 0.15) is 18.9 Å². The fourth-order valence-corrected chi connectivity index (χ4v) is 2.39. The highest BCUT2D eigenvalue weighted by molar-refractivity contribution is 7.98. The number of benzene rings is 1. The van der Waals surface area contributed by atoms with Crippen molar-refractivity contribution in [2.24, 2.45) is 10.9 Å². The number of anilines is 1. The number of oxime groups is 1. The minimum Gasteiger partial charge on any atom is -0.409 e. The molecule has 0 aliphatic rings. The average molecular weight is 303 g/mol. The Balaban J connectivity index is 3.07. The lowest BCUT2D eigenvalue weighted by Gasteiger charge is -2.27. The number of nitrogens with zero attached hydrogens (tertiary/aromatic N) is 2. The van der Waals surface area contributed by atoms with Gasteiger partial charge in [0.2, 0.25) is 0 Å². The Labute approximate surface area is 121 Å². The summed E-state index contributed by atoms with van der Waals surface area (Å²) in [6, 6.07) is 2.12. The van der Waals surface area contributed by atoms with Gasteiger partial charge in [-0.3, -0.25) is 0 Å². The van der Waals surface area contributed by atoms with Crippen molar-refractivity contribution < 1.29 is 14.0 Å². The predicted octanol–water partition coefficient (Wildman–Crippen LogP) is 2.64. The second-order valence-electron chi connectivity index (χ2n) is 4.52. The van der Waals surface area contributed by atoms with Crippen LogP contribution in [0.4, 0.5) is 14.5 Å². The molecule has 0 aromatic heterocycles. The molecule has 0 fully saturated rings. The van der Waals surface area contributed by atoms with E-state index in [0.717, 1.165) is 24.3 Å². The number of rotatable bonds is 6. The zero-order valence-corrected chi connectivity index (χ0v) is 12.5. The first kappa shape index (κ1) is 16.6. The van der Waals surface area contributed by atoms with Gasteiger partial charge in [-0.25, -0.2) is 8.78 Å². The summed E-state index contributed by atoms with van der Waals surface area (Å²) in [7, 11) is 1.65. The van der Waals surface area contributed by atoms with Crippen molar-refractivity contribution in [3.63, 3.8) is 0 Å². The van der Waals surface area contributed by atoms with Gasteiger partial charge in [0.25, 0.3) is 0 Å². The molecular formula is C13H19F2N3OS. The zero-order valence-electron chi connectivity index (χ0n) is 11.7. The van der Waals surface area contributed by atoms with Crippen molar-refractivity contribution in [3.05, 3.63) is 29.3 Å². The van der Waals surface area contributed by atoms with Gasteiger partial charge in [-0.2, -0.15) is 11.8 Å². The Morgan fingerprint density at radius 2 is 2.00 bits per heavy atom. The van der Waals surface area contributed by atoms with Gasteiger partial charge in [-0.15, -0.1) is 0 Å². The summed E-state index contributed by atoms with van der Waals surface area (Å²) in [6.07, 6.45) is 2.80. The molecule has 7 heteroatoms. The summed E-state index contributed by atoms with van der Waals surface area (Å²) in [5.41, 5.74) is 5.24. The van der Waals surface area contributed by atoms with Crippen molar-refractivity contribution in [1.29, 1.82) is 0 Å². The van der Waals surface area contributed by atoms with E-state index in [1.54, 1.807) is 23.7 Å². The molecule has 1 rings (SSSR count). The van der Waals surface area contributed by atoms with Gasteiger partial charge >= 0.3 is 0 Å². The third kappa shape index (κ3) is 3.75. The van der Waals surface area contributed by atoms with Crippen LogP contribution in [-0.4, -0.2) is 36.1 Å². The minimum absolute atomic E-state index is 0.00107. The smallest absolute Gasteiger partial charge is 0.170 e. The quantitative estimate of drug-likeness (QED) is 0.367. The van der Waals surface area contributed by atoms with E-state index >= 15 is 0 Å². The van der Waals surface area contributed by atoms with Crippen molar-refractivity contribution >= 4 is 23.3 Å². The van der Waals surface area contributed by atoms with E-state index in [2.05, 4.69) is 5.16 Å². The lowest BCUT2D eigenvalue weighted by molar-refractivity contribution is 0.318. The van der Waals surface area contributed by atoms with Gasteiger partial charge in [0, 0.05) is 18.7 Å². The highest BCUT2D eigenvalue weighted by Gasteiger charge is 2.20. The normalized spacial score (nSPS) is 13.3. The number of hydrogen-bond acceptors (Lipinski definition) is 4. The van der Waals surface area contributed by atoms with E-state index in [4.69, 9.17) is 10.9 Å². The average Bonchev–Trinajstić information content (AvgIpc) is 2.42. The first-order valence-corrected chi connectivity index (χ1v) is 7.50. The molecule has 112 valence electrons. The summed E-state index contributed by atoms with van der Waals surface area (Å²) in [6.45, 7) is 1.91. The number of amidine groups is 1. The molecule has 0 saturated heterocycles. The number of thioether (sulfide) groups is 1. The maximum absolute atomic E-state index is 14.1. The van der Waals surface area contributed by atoms with E-state index in [1.165, 1.54) is 0 Å². The van der Waals surface area contributed by atoms with Crippen LogP contribution in [0.3, 0.4) is 0 Å². The van der Waals surface area contributed by atoms with Gasteiger partial charge in [0.15, 0.2) is 5.84 Å². The van der Waals surface area contributed by atoms with Crippen LogP contribution < -0.4 is 10.6 Å². The standard InChI is InChI=1S/C13H19F2N3OS/c1-8(4-5-20-3)18(2)12-10(14)6-9(7-11(12)15)13(16)17-19/h6-8,19H,4-5H2,1-3H3,(H2,16,17). The fourth-order valence-electron chi connectivity index (χ4n) is 1.81. The van der Waals surface area contributed by atoms with E-state index in [-0.39, 0.29) is 23.1 Å². The molecule has 4 nitrogen and oxygen atoms in total. The molecule has 1 aromatic carbocycles. The van der Waals surface area contributed by atoms with Crippen molar-refractivity contribution in [2.45, 2.75) is 19.4 Å². The molecule has 0 saturated carbocycles. The van der Waals surface area contributed by atoms with Crippen molar-refractivity contribution in [3.8, 4) is 0 Å². The molecule has 0 aliphatic heterocycles. The first-order chi connectivity index (χ1) is 9.42. The maximum Gasteiger partial charge on any atom is 0.170 e. The largest absolute Gasteiger partial charge is 0.409 e. The van der Waals surface area contributed by atoms with Crippen LogP contribution in [0.15, 0.2) is 17.3 Å². The van der Waals surface area contributed by atoms with E-state index in [9.17, 15) is 8.78 Å². The van der Waals surface area contributed by atoms with Crippen molar-refractivity contribution in [1.82, 2.24) is 0 Å². The summed E-state index contributed by atoms with van der Waals surface area (Å²) < 4.78 is 28.1. The summed E-state index contributed by atoms with van der Waals surface area (Å²) in [5, 5.41) is 11.3. The number of nitrogens with two attached hydrogens (primary N) is 1. The van der Waals surface area contributed by atoms with Gasteiger partial charge in [-0.1, -0.05) is 5.16 Å². The Bertz CT molecular complexity index is 473. The number of halogens is 2. The summed E-state index contributed by atoms with van der Waals surface area (Å²) in [4.78, 5) is 1.57. The van der Waals surface area contributed by atoms with Gasteiger partial charge in [-0.05, 0) is 37.5 Å². The maximum atomic E-state index is 14.1. The van der Waals surface area contributed by atoms with Crippen molar-refractivity contribution in [2.75, 3.05) is 24.0 Å². The molecule has 0 amide bonds. The molecule has 3 N–H and O–H groups in total. The molecule has 0 aliphatic carbocycles. The molecule has 0 heterocycles. The Hall–Kier alpha value is -1.50. The van der Waals surface area contributed by atoms with E-state index in [1.807, 2.05) is 13.2 Å². The molecule has 1 aromatic rings. The second-order valence-corrected chi connectivity index (χ2v) is 5.50. The second kappa shape index (κ2) is 7.33. The highest BCUT2D eigenvalue weighted by atomic mass is 32.2. The fraction of sp³-hybridized carbons (Fsp3) is 0.462. The molecular weight excluding hydrogens is 284 g/mol. The lowest BCUT2D eigenvalue weighted by atomic mass is 10.1. The third-order valence-corrected chi connectivity index (χ3v) is 3.82. The highest BCUT2D eigenvalue weighted by Crippen LogP contribution is 2.26. The van der Waals surface area contributed by atoms with Crippen LogP contribution in [0.2, 0.25) is 0 Å². The molecule has 20 heavy (non-hydrogen) atoms. The van der Waals surface area contributed by atoms with Crippen LogP contribution in [0, 0.1) is 11.6 Å². The molecule has 1 unspecified atom stereocenters. The molecule has 0 bridgehead atoms. The molecule has 0 spiro atoms. The van der Waals surface area contributed by atoms with Gasteiger partial charge < -0.3 is 15.8 Å². The van der Waals surface area contributed by atoms with Gasteiger partial charge in [0.05, 0.1) is 0 Å². The van der Waals surface area contributed by atoms with Crippen LogP contribution >= 0.6 is 11.8 Å². The predicted molar refractivity (Wildman–Crippen MR) is 79.7 cm³/mol. The Kier molecular flexibility index (Phi) is 6.06. The lowest BCUT2D eigenvalue weighted by Crippen LogP contribution is -2.31. The third-order valence-electron chi connectivity index (χ3n) is 3.17. The van der Waals surface area contributed by atoms with Gasteiger partial charge in [0.1, 0.15) is 17.3 Å². The van der Waals surface area contributed by atoms with E-state index < -0.39 is 11.6 Å². The zero-order chi connectivity index (χ0) is 15.3. The Morgan fingerprint density at radius 1 is 1.45 bits per heavy atom. The van der Waals surface area contributed by atoms with E-state index in [0.29, 0.717) is 0 Å². The van der Waals surface area contributed by atoms with Crippen LogP contribution in [0.5, 0.6) is 0 Å². The Morgan fingerprint density at radius 3 is 2.45 bits per heavy atom. The topological polar surface area (TPSA) is 61.8 Å². The minimum atomic E-state index is -0.731. The summed E-state index contributed by atoms with van der Waals surface area (Å²) >= 11 is 1.69. The SMILES string of the molecule is CSCCC(C)N(C)c1c(F)cc(C(N)=NO)cc1F. The number of hydrogen-bond donors (Lipinski definition) is 2. The van der Waals surface area contributed by atoms with Crippen LogP contribution in [-0.2, 0) is 0 Å². The monoisotopic (exact) mass is 303 g/mol. The molecule has 0 radical (unpaired) electrons. The van der Waals surface area contributed by atoms with Crippen LogP contribution in [0.25, 0.3) is 0 Å². The summed E-state index contributed by atoms with van der Waals surface area (Å²) in [5.74, 6) is -0.876. The first-order valence-electron chi connectivity index (χ1n) is 6.11.